The van der Waals surface area contributed by atoms with Crippen LogP contribution in [0.1, 0.15) is 17.5 Å². The van der Waals surface area contributed by atoms with E-state index in [0.29, 0.717) is 31.0 Å². The van der Waals surface area contributed by atoms with Crippen LogP contribution in [0.25, 0.3) is 10.9 Å². The fraction of sp³-hybridized carbons (Fsp3) is 0.333. The smallest absolute Gasteiger partial charge is 0.221 e. The van der Waals surface area contributed by atoms with Crippen LogP contribution in [-0.4, -0.2) is 36.5 Å². The van der Waals surface area contributed by atoms with Crippen LogP contribution in [0.5, 0.6) is 11.5 Å². The first kappa shape index (κ1) is 18.8. The van der Waals surface area contributed by atoms with Crippen LogP contribution in [0.4, 0.5) is 0 Å². The molecule has 3 aromatic rings. The molecule has 27 heavy (non-hydrogen) atoms. The zero-order chi connectivity index (χ0) is 19.2. The van der Waals surface area contributed by atoms with Gasteiger partial charge in [0.2, 0.25) is 5.91 Å². The molecular weight excluding hydrogens is 342 g/mol. The van der Waals surface area contributed by atoms with Gasteiger partial charge >= 0.3 is 0 Å². The molecule has 0 saturated heterocycles. The van der Waals surface area contributed by atoms with Crippen molar-refractivity contribution in [2.45, 2.75) is 26.3 Å². The third-order valence-corrected chi connectivity index (χ3v) is 4.53. The Morgan fingerprint density at radius 3 is 2.70 bits per heavy atom. The van der Waals surface area contributed by atoms with Gasteiger partial charge in [-0.05, 0) is 42.7 Å². The third kappa shape index (κ3) is 4.58. The molecule has 0 radical (unpaired) electrons. The van der Waals surface area contributed by atoms with Gasteiger partial charge in [-0.3, -0.25) is 9.48 Å². The molecule has 6 nitrogen and oxygen atoms in total. The normalized spacial score (nSPS) is 10.8. The van der Waals surface area contributed by atoms with Crippen LogP contribution < -0.4 is 14.8 Å². The number of methoxy groups -OCH3 is 2. The van der Waals surface area contributed by atoms with E-state index in [1.165, 1.54) is 5.56 Å². The third-order valence-electron chi connectivity index (χ3n) is 4.53. The van der Waals surface area contributed by atoms with E-state index in [9.17, 15) is 4.79 Å². The quantitative estimate of drug-likeness (QED) is 0.664. The van der Waals surface area contributed by atoms with E-state index < -0.39 is 0 Å². The van der Waals surface area contributed by atoms with Crippen molar-refractivity contribution >= 4 is 16.8 Å². The first-order valence-corrected chi connectivity index (χ1v) is 9.00. The minimum absolute atomic E-state index is 0.0202. The molecular formula is C21H25N3O3. The van der Waals surface area contributed by atoms with Crippen LogP contribution in [0, 0.1) is 6.92 Å². The molecule has 1 amide bonds. The van der Waals surface area contributed by atoms with Crippen molar-refractivity contribution in [3.05, 3.63) is 53.7 Å². The van der Waals surface area contributed by atoms with Gasteiger partial charge in [-0.2, -0.15) is 5.10 Å². The Kier molecular flexibility index (Phi) is 5.96. The van der Waals surface area contributed by atoms with Gasteiger partial charge in [0.1, 0.15) is 0 Å². The standard InChI is InChI=1S/C21H25N3O3/c1-15-4-6-17-14-23-24(18(17)12-15)11-9-21(25)22-10-8-16-5-7-19(26-2)20(13-16)27-3/h4-7,12-14H,8-11H2,1-3H3,(H,22,25). The Morgan fingerprint density at radius 1 is 1.11 bits per heavy atom. The summed E-state index contributed by atoms with van der Waals surface area (Å²) >= 11 is 0. The van der Waals surface area contributed by atoms with Crippen molar-refractivity contribution < 1.29 is 14.3 Å². The van der Waals surface area contributed by atoms with Gasteiger partial charge in [-0.15, -0.1) is 0 Å². The van der Waals surface area contributed by atoms with Crippen LogP contribution in [-0.2, 0) is 17.8 Å². The zero-order valence-corrected chi connectivity index (χ0v) is 16.0. The highest BCUT2D eigenvalue weighted by molar-refractivity contribution is 5.80. The molecule has 1 N–H and O–H groups in total. The largest absolute Gasteiger partial charge is 0.493 e. The van der Waals surface area contributed by atoms with Crippen molar-refractivity contribution in [2.24, 2.45) is 0 Å². The van der Waals surface area contributed by atoms with Crippen LogP contribution in [0.3, 0.4) is 0 Å². The molecule has 0 aliphatic rings. The molecule has 0 aliphatic heterocycles. The fourth-order valence-corrected chi connectivity index (χ4v) is 3.04. The van der Waals surface area contributed by atoms with Gasteiger partial charge in [0.05, 0.1) is 32.5 Å². The number of nitrogens with zero attached hydrogens (tertiary/aromatic N) is 2. The molecule has 0 unspecified atom stereocenters. The van der Waals surface area contributed by atoms with Crippen molar-refractivity contribution in [1.82, 2.24) is 15.1 Å². The van der Waals surface area contributed by atoms with Crippen LogP contribution in [0.2, 0.25) is 0 Å². The number of hydrogen-bond acceptors (Lipinski definition) is 4. The number of aromatic nitrogens is 2. The summed E-state index contributed by atoms with van der Waals surface area (Å²) in [6.45, 7) is 3.19. The lowest BCUT2D eigenvalue weighted by molar-refractivity contribution is -0.121. The lowest BCUT2D eigenvalue weighted by Crippen LogP contribution is -2.26. The predicted molar refractivity (Wildman–Crippen MR) is 105 cm³/mol. The Bertz CT molecular complexity index is 934. The minimum Gasteiger partial charge on any atom is -0.493 e. The van der Waals surface area contributed by atoms with Crippen molar-refractivity contribution in [1.29, 1.82) is 0 Å². The summed E-state index contributed by atoms with van der Waals surface area (Å²) in [4.78, 5) is 12.2. The number of nitrogens with one attached hydrogen (secondary N) is 1. The summed E-state index contributed by atoms with van der Waals surface area (Å²) in [6.07, 6.45) is 2.97. The lowest BCUT2D eigenvalue weighted by atomic mass is 10.1. The van der Waals surface area contributed by atoms with Gasteiger partial charge in [0, 0.05) is 18.4 Å². The van der Waals surface area contributed by atoms with Gasteiger partial charge < -0.3 is 14.8 Å². The number of aryl methyl sites for hydroxylation is 2. The highest BCUT2D eigenvalue weighted by atomic mass is 16.5. The number of ether oxygens (including phenoxy) is 2. The van der Waals surface area contributed by atoms with E-state index in [-0.39, 0.29) is 5.91 Å². The average molecular weight is 367 g/mol. The summed E-state index contributed by atoms with van der Waals surface area (Å²) in [5.74, 6) is 1.42. The molecule has 0 atom stereocenters. The Hall–Kier alpha value is -3.02. The highest BCUT2D eigenvalue weighted by Gasteiger charge is 2.07. The van der Waals surface area contributed by atoms with E-state index in [0.717, 1.165) is 22.9 Å². The average Bonchev–Trinajstić information content (AvgIpc) is 3.08. The molecule has 6 heteroatoms. The van der Waals surface area contributed by atoms with E-state index >= 15 is 0 Å². The molecule has 3 rings (SSSR count). The molecule has 1 aromatic heterocycles. The lowest BCUT2D eigenvalue weighted by Gasteiger charge is -2.10. The topological polar surface area (TPSA) is 65.4 Å². The Balaban J connectivity index is 1.49. The number of amides is 1. The van der Waals surface area contributed by atoms with Crippen LogP contribution >= 0.6 is 0 Å². The van der Waals surface area contributed by atoms with Crippen LogP contribution in [0.15, 0.2) is 42.6 Å². The molecule has 0 spiro atoms. The molecule has 0 bridgehead atoms. The maximum Gasteiger partial charge on any atom is 0.221 e. The summed E-state index contributed by atoms with van der Waals surface area (Å²) < 4.78 is 12.4. The highest BCUT2D eigenvalue weighted by Crippen LogP contribution is 2.27. The molecule has 1 heterocycles. The van der Waals surface area contributed by atoms with E-state index in [4.69, 9.17) is 9.47 Å². The number of hydrogen-bond donors (Lipinski definition) is 1. The summed E-state index contributed by atoms with van der Waals surface area (Å²) in [6, 6.07) is 12.0. The predicted octanol–water partition coefficient (Wildman–Crippen LogP) is 3.11. The monoisotopic (exact) mass is 367 g/mol. The second kappa shape index (κ2) is 8.58. The van der Waals surface area contributed by atoms with Crippen molar-refractivity contribution in [2.75, 3.05) is 20.8 Å². The minimum atomic E-state index is 0.0202. The Labute approximate surface area is 159 Å². The van der Waals surface area contributed by atoms with Gasteiger partial charge in [0.25, 0.3) is 0 Å². The summed E-state index contributed by atoms with van der Waals surface area (Å²) in [5, 5.41) is 8.44. The van der Waals surface area contributed by atoms with E-state index in [2.05, 4.69) is 35.5 Å². The molecule has 142 valence electrons. The van der Waals surface area contributed by atoms with Crippen molar-refractivity contribution in [3.8, 4) is 11.5 Å². The van der Waals surface area contributed by atoms with Gasteiger partial charge in [0.15, 0.2) is 11.5 Å². The van der Waals surface area contributed by atoms with E-state index in [1.807, 2.05) is 29.1 Å². The number of fused-ring (bicyclic) bond motifs is 1. The summed E-state index contributed by atoms with van der Waals surface area (Å²) in [7, 11) is 3.23. The molecule has 0 aliphatic carbocycles. The van der Waals surface area contributed by atoms with Crippen molar-refractivity contribution in [3.63, 3.8) is 0 Å². The first-order chi connectivity index (χ1) is 13.1. The molecule has 0 fully saturated rings. The second-order valence-corrected chi connectivity index (χ2v) is 6.47. The maximum absolute atomic E-state index is 12.2. The number of carbonyl (C=O) groups is 1. The molecule has 2 aromatic carbocycles. The maximum atomic E-state index is 12.2. The van der Waals surface area contributed by atoms with E-state index in [1.54, 1.807) is 14.2 Å². The first-order valence-electron chi connectivity index (χ1n) is 9.00. The van der Waals surface area contributed by atoms with Gasteiger partial charge in [-0.1, -0.05) is 18.2 Å². The molecule has 0 saturated carbocycles. The fourth-order valence-electron chi connectivity index (χ4n) is 3.04. The van der Waals surface area contributed by atoms with Gasteiger partial charge in [-0.25, -0.2) is 0 Å². The number of rotatable bonds is 8. The Morgan fingerprint density at radius 2 is 1.93 bits per heavy atom. The number of carbonyl (C=O) groups excluding carboxylic acids is 1. The zero-order valence-electron chi connectivity index (χ0n) is 16.0. The summed E-state index contributed by atoms with van der Waals surface area (Å²) in [5.41, 5.74) is 3.33. The SMILES string of the molecule is COc1ccc(CCNC(=O)CCn2ncc3ccc(C)cc32)cc1OC. The number of benzene rings is 2. The second-order valence-electron chi connectivity index (χ2n) is 6.47.